The molecular weight excluding hydrogens is 328 g/mol. The van der Waals surface area contributed by atoms with Crippen LogP contribution in [0, 0.1) is 5.92 Å². The number of esters is 1. The lowest BCUT2D eigenvalue weighted by molar-refractivity contribution is -0.149. The van der Waals surface area contributed by atoms with E-state index in [9.17, 15) is 4.79 Å². The largest absolute Gasteiger partial charge is 0.466 e. The summed E-state index contributed by atoms with van der Waals surface area (Å²) in [4.78, 5) is 20.9. The Hall–Kier alpha value is -2.08. The molecular formula is C20H32N4O2. The van der Waals surface area contributed by atoms with Crippen LogP contribution in [0.1, 0.15) is 25.3 Å². The van der Waals surface area contributed by atoms with Crippen LogP contribution in [0.4, 0.5) is 0 Å². The van der Waals surface area contributed by atoms with Crippen LogP contribution in [0.2, 0.25) is 0 Å². The number of carbonyl (C=O) groups excluding carboxylic acids is 1. The Morgan fingerprint density at radius 2 is 2.15 bits per heavy atom. The van der Waals surface area contributed by atoms with E-state index in [2.05, 4.69) is 51.4 Å². The second-order valence-electron chi connectivity index (χ2n) is 6.73. The second kappa shape index (κ2) is 10.8. The van der Waals surface area contributed by atoms with Crippen LogP contribution in [0.3, 0.4) is 0 Å². The van der Waals surface area contributed by atoms with Gasteiger partial charge in [-0.2, -0.15) is 0 Å². The highest BCUT2D eigenvalue weighted by atomic mass is 16.5. The maximum absolute atomic E-state index is 12.0. The van der Waals surface area contributed by atoms with Crippen LogP contribution in [0.25, 0.3) is 0 Å². The SMILES string of the molecule is CCOC(=O)C1CCCN(C(=NC)NCCN(C)Cc2ccccc2)C1. The van der Waals surface area contributed by atoms with Gasteiger partial charge in [0.05, 0.1) is 12.5 Å². The number of rotatable bonds is 7. The summed E-state index contributed by atoms with van der Waals surface area (Å²) in [6, 6.07) is 10.5. The van der Waals surface area contributed by atoms with Crippen molar-refractivity contribution in [3.63, 3.8) is 0 Å². The third kappa shape index (κ3) is 6.33. The number of guanidine groups is 1. The number of likely N-dealkylation sites (N-methyl/N-ethyl adjacent to an activating group) is 1. The van der Waals surface area contributed by atoms with Crippen LogP contribution in [0.5, 0.6) is 0 Å². The standard InChI is InChI=1S/C20H32N4O2/c1-4-26-19(25)18-11-8-13-24(16-18)20(21-2)22-12-14-23(3)15-17-9-6-5-7-10-17/h5-7,9-10,18H,4,8,11-16H2,1-3H3,(H,21,22). The number of nitrogens with zero attached hydrogens (tertiary/aromatic N) is 3. The molecule has 1 atom stereocenters. The fourth-order valence-electron chi connectivity index (χ4n) is 3.29. The van der Waals surface area contributed by atoms with Gasteiger partial charge in [-0.15, -0.1) is 0 Å². The van der Waals surface area contributed by atoms with Crippen molar-refractivity contribution in [1.82, 2.24) is 15.1 Å². The van der Waals surface area contributed by atoms with Gasteiger partial charge in [0, 0.05) is 39.8 Å². The lowest BCUT2D eigenvalue weighted by Crippen LogP contribution is -2.49. The van der Waals surface area contributed by atoms with E-state index < -0.39 is 0 Å². The van der Waals surface area contributed by atoms with E-state index in [1.54, 1.807) is 7.05 Å². The zero-order valence-electron chi connectivity index (χ0n) is 16.3. The quantitative estimate of drug-likeness (QED) is 0.458. The molecule has 0 bridgehead atoms. The summed E-state index contributed by atoms with van der Waals surface area (Å²) in [7, 11) is 3.92. The van der Waals surface area contributed by atoms with Crippen molar-refractivity contribution >= 4 is 11.9 Å². The molecule has 144 valence electrons. The second-order valence-corrected chi connectivity index (χ2v) is 6.73. The Kier molecular flexibility index (Phi) is 8.41. The van der Waals surface area contributed by atoms with Gasteiger partial charge in [0.1, 0.15) is 0 Å². The molecule has 1 N–H and O–H groups in total. The van der Waals surface area contributed by atoms with Gasteiger partial charge in [-0.05, 0) is 32.4 Å². The van der Waals surface area contributed by atoms with Crippen molar-refractivity contribution < 1.29 is 9.53 Å². The summed E-state index contributed by atoms with van der Waals surface area (Å²) < 4.78 is 5.18. The van der Waals surface area contributed by atoms with Crippen molar-refractivity contribution in [3.8, 4) is 0 Å². The molecule has 1 aliphatic heterocycles. The molecule has 0 radical (unpaired) electrons. The number of piperidine rings is 1. The molecule has 0 amide bonds. The molecule has 1 saturated heterocycles. The first kappa shape index (κ1) is 20.2. The summed E-state index contributed by atoms with van der Waals surface area (Å²) in [5, 5.41) is 3.43. The Balaban J connectivity index is 1.77. The van der Waals surface area contributed by atoms with E-state index >= 15 is 0 Å². The van der Waals surface area contributed by atoms with Gasteiger partial charge >= 0.3 is 5.97 Å². The zero-order valence-corrected chi connectivity index (χ0v) is 16.3. The summed E-state index contributed by atoms with van der Waals surface area (Å²) in [6.07, 6.45) is 1.88. The first-order valence-corrected chi connectivity index (χ1v) is 9.48. The molecule has 0 saturated carbocycles. The van der Waals surface area contributed by atoms with E-state index in [1.807, 2.05) is 13.0 Å². The molecule has 1 heterocycles. The third-order valence-corrected chi connectivity index (χ3v) is 4.62. The number of carbonyl (C=O) groups is 1. The van der Waals surface area contributed by atoms with Crippen molar-refractivity contribution in [2.75, 3.05) is 46.9 Å². The molecule has 1 fully saturated rings. The average Bonchev–Trinajstić information content (AvgIpc) is 2.66. The summed E-state index contributed by atoms with van der Waals surface area (Å²) in [5.74, 6) is 0.727. The normalized spacial score (nSPS) is 18.1. The summed E-state index contributed by atoms with van der Waals surface area (Å²) >= 11 is 0. The van der Waals surface area contributed by atoms with E-state index in [0.717, 1.165) is 45.0 Å². The van der Waals surface area contributed by atoms with Crippen LogP contribution in [0.15, 0.2) is 35.3 Å². The Labute approximate surface area is 157 Å². The smallest absolute Gasteiger partial charge is 0.310 e. The maximum atomic E-state index is 12.0. The summed E-state index contributed by atoms with van der Waals surface area (Å²) in [5.41, 5.74) is 1.31. The van der Waals surface area contributed by atoms with Crippen LogP contribution in [-0.4, -0.2) is 68.6 Å². The molecule has 26 heavy (non-hydrogen) atoms. The van der Waals surface area contributed by atoms with E-state index in [-0.39, 0.29) is 11.9 Å². The first-order valence-electron chi connectivity index (χ1n) is 9.48. The zero-order chi connectivity index (χ0) is 18.8. The number of likely N-dealkylation sites (tertiary alicyclic amines) is 1. The minimum Gasteiger partial charge on any atom is -0.466 e. The molecule has 0 aromatic heterocycles. The minimum atomic E-state index is -0.0877. The number of benzene rings is 1. The Bertz CT molecular complexity index is 576. The van der Waals surface area contributed by atoms with E-state index in [4.69, 9.17) is 4.74 Å². The number of ether oxygens (including phenoxy) is 1. The molecule has 6 nitrogen and oxygen atoms in total. The van der Waals surface area contributed by atoms with Gasteiger partial charge in [0.15, 0.2) is 5.96 Å². The number of hydrogen-bond acceptors (Lipinski definition) is 4. The van der Waals surface area contributed by atoms with Gasteiger partial charge in [-0.3, -0.25) is 9.79 Å². The van der Waals surface area contributed by atoms with Crippen LogP contribution >= 0.6 is 0 Å². The fourth-order valence-corrected chi connectivity index (χ4v) is 3.29. The predicted octanol–water partition coefficient (Wildman–Crippen LogP) is 1.97. The topological polar surface area (TPSA) is 57.2 Å². The van der Waals surface area contributed by atoms with Gasteiger partial charge in [0.25, 0.3) is 0 Å². The van der Waals surface area contributed by atoms with Gasteiger partial charge in [-0.1, -0.05) is 30.3 Å². The van der Waals surface area contributed by atoms with Crippen molar-refractivity contribution in [1.29, 1.82) is 0 Å². The highest BCUT2D eigenvalue weighted by Crippen LogP contribution is 2.18. The van der Waals surface area contributed by atoms with Gasteiger partial charge in [0.2, 0.25) is 0 Å². The molecule has 1 aromatic rings. The number of aliphatic imine (C=N–C) groups is 1. The molecule has 1 unspecified atom stereocenters. The van der Waals surface area contributed by atoms with Crippen molar-refractivity contribution in [2.45, 2.75) is 26.3 Å². The minimum absolute atomic E-state index is 0.0528. The first-order chi connectivity index (χ1) is 12.6. The van der Waals surface area contributed by atoms with Gasteiger partial charge < -0.3 is 19.9 Å². The lowest BCUT2D eigenvalue weighted by atomic mass is 9.98. The Morgan fingerprint density at radius 3 is 2.85 bits per heavy atom. The third-order valence-electron chi connectivity index (χ3n) is 4.62. The predicted molar refractivity (Wildman–Crippen MR) is 105 cm³/mol. The van der Waals surface area contributed by atoms with Crippen LogP contribution in [-0.2, 0) is 16.1 Å². The monoisotopic (exact) mass is 360 g/mol. The van der Waals surface area contributed by atoms with Crippen molar-refractivity contribution in [3.05, 3.63) is 35.9 Å². The molecule has 0 aliphatic carbocycles. The maximum Gasteiger partial charge on any atom is 0.310 e. The fraction of sp³-hybridized carbons (Fsp3) is 0.600. The number of nitrogens with one attached hydrogen (secondary N) is 1. The summed E-state index contributed by atoms with van der Waals surface area (Å²) in [6.45, 7) is 6.56. The number of hydrogen-bond donors (Lipinski definition) is 1. The molecule has 1 aliphatic rings. The van der Waals surface area contributed by atoms with Crippen molar-refractivity contribution in [2.24, 2.45) is 10.9 Å². The molecule has 6 heteroatoms. The highest BCUT2D eigenvalue weighted by Gasteiger charge is 2.28. The highest BCUT2D eigenvalue weighted by molar-refractivity contribution is 5.81. The lowest BCUT2D eigenvalue weighted by Gasteiger charge is -2.34. The van der Waals surface area contributed by atoms with E-state index in [0.29, 0.717) is 13.2 Å². The molecule has 0 spiro atoms. The van der Waals surface area contributed by atoms with Gasteiger partial charge in [-0.25, -0.2) is 0 Å². The molecule has 2 rings (SSSR count). The van der Waals surface area contributed by atoms with E-state index in [1.165, 1.54) is 5.56 Å². The van der Waals surface area contributed by atoms with Crippen LogP contribution < -0.4 is 5.32 Å². The Morgan fingerprint density at radius 1 is 1.38 bits per heavy atom. The average molecular weight is 361 g/mol. The molecule has 1 aromatic carbocycles.